The molecule has 0 amide bonds. The predicted molar refractivity (Wildman–Crippen MR) is 217 cm³/mol. The summed E-state index contributed by atoms with van der Waals surface area (Å²) in [4.78, 5) is 14.3. The standard InChI is InChI=1S/C47H28N4S/c1-48-35-25-26-42-40(29-35)38-23-12-22-37(46(38)52-42)33-17-10-15-31(27-33)32-16-11-18-34(28-32)47-49-43(30-13-4-2-5-14-30)45-44(50-47)39-21-8-9-24-41(39)51(45)36-19-6-3-7-20-36/h2-29H. The summed E-state index contributed by atoms with van der Waals surface area (Å²) in [7, 11) is 0. The molecule has 242 valence electrons. The monoisotopic (exact) mass is 680 g/mol. The Hall–Kier alpha value is -6.87. The molecule has 0 atom stereocenters. The molecule has 0 N–H and O–H groups in total. The Labute approximate surface area is 304 Å². The molecular formula is C47H28N4S. The van der Waals surface area contributed by atoms with Crippen LogP contribution >= 0.6 is 11.3 Å². The minimum absolute atomic E-state index is 0.667. The van der Waals surface area contributed by atoms with E-state index in [0.29, 0.717) is 11.5 Å². The van der Waals surface area contributed by atoms with Crippen molar-refractivity contribution in [2.75, 3.05) is 0 Å². The third kappa shape index (κ3) is 4.89. The van der Waals surface area contributed by atoms with E-state index in [1.54, 1.807) is 11.3 Å². The van der Waals surface area contributed by atoms with Crippen LogP contribution < -0.4 is 0 Å². The molecule has 0 saturated heterocycles. The number of rotatable bonds is 5. The van der Waals surface area contributed by atoms with E-state index in [4.69, 9.17) is 16.5 Å². The number of thiophene rings is 1. The van der Waals surface area contributed by atoms with E-state index in [9.17, 15) is 0 Å². The lowest BCUT2D eigenvalue weighted by molar-refractivity contribution is 1.15. The molecule has 10 rings (SSSR count). The summed E-state index contributed by atoms with van der Waals surface area (Å²) in [5.41, 5.74) is 12.2. The minimum atomic E-state index is 0.667. The van der Waals surface area contributed by atoms with Crippen LogP contribution in [0, 0.1) is 6.57 Å². The number of hydrogen-bond acceptors (Lipinski definition) is 3. The predicted octanol–water partition coefficient (Wildman–Crippen LogP) is 13.2. The molecule has 0 radical (unpaired) electrons. The van der Waals surface area contributed by atoms with Crippen LogP contribution in [-0.4, -0.2) is 14.5 Å². The van der Waals surface area contributed by atoms with Crippen molar-refractivity contribution in [2.45, 2.75) is 0 Å². The van der Waals surface area contributed by atoms with Crippen molar-refractivity contribution in [3.8, 4) is 50.6 Å². The van der Waals surface area contributed by atoms with Crippen LogP contribution in [0.15, 0.2) is 170 Å². The van der Waals surface area contributed by atoms with Crippen molar-refractivity contribution in [3.63, 3.8) is 0 Å². The Bertz CT molecular complexity index is 3020. The van der Waals surface area contributed by atoms with Gasteiger partial charge >= 0.3 is 0 Å². The van der Waals surface area contributed by atoms with Crippen LogP contribution in [0.1, 0.15) is 0 Å². The maximum atomic E-state index is 7.50. The number of fused-ring (bicyclic) bond motifs is 6. The fraction of sp³-hybridized carbons (Fsp3) is 0. The highest BCUT2D eigenvalue weighted by atomic mass is 32.1. The second kappa shape index (κ2) is 12.2. The van der Waals surface area contributed by atoms with Crippen LogP contribution in [0.4, 0.5) is 5.69 Å². The van der Waals surface area contributed by atoms with E-state index >= 15 is 0 Å². The fourth-order valence-electron chi connectivity index (χ4n) is 7.40. The maximum absolute atomic E-state index is 7.50. The highest BCUT2D eigenvalue weighted by Gasteiger charge is 2.21. The van der Waals surface area contributed by atoms with Gasteiger partial charge in [0.05, 0.1) is 23.3 Å². The van der Waals surface area contributed by atoms with E-state index in [1.807, 2.05) is 24.3 Å². The van der Waals surface area contributed by atoms with Gasteiger partial charge in [-0.15, -0.1) is 11.3 Å². The van der Waals surface area contributed by atoms with Crippen LogP contribution in [0.25, 0.3) is 97.5 Å². The number of hydrogen-bond donors (Lipinski definition) is 0. The highest BCUT2D eigenvalue weighted by Crippen LogP contribution is 2.42. The topological polar surface area (TPSA) is 35.1 Å². The van der Waals surface area contributed by atoms with E-state index in [0.717, 1.165) is 66.5 Å². The largest absolute Gasteiger partial charge is 0.306 e. The average molecular weight is 681 g/mol. The SMILES string of the molecule is [C-]#[N+]c1ccc2sc3c(-c4cccc(-c5cccc(-c6nc(-c7ccccc7)c7c(n6)c6ccccc6n7-c6ccccc6)c5)c4)cccc3c2c1. The molecular weight excluding hydrogens is 653 g/mol. The van der Waals surface area contributed by atoms with Gasteiger partial charge in [0.15, 0.2) is 11.5 Å². The summed E-state index contributed by atoms with van der Waals surface area (Å²) >= 11 is 1.78. The van der Waals surface area contributed by atoms with Gasteiger partial charge in [-0.2, -0.15) is 0 Å². The molecule has 0 aliphatic heterocycles. The normalized spacial score (nSPS) is 11.4. The third-order valence-corrected chi connectivity index (χ3v) is 11.0. The molecule has 0 spiro atoms. The first kappa shape index (κ1) is 30.0. The molecule has 5 heteroatoms. The lowest BCUT2D eigenvalue weighted by Gasteiger charge is -2.13. The van der Waals surface area contributed by atoms with Gasteiger partial charge in [-0.1, -0.05) is 133 Å². The Morgan fingerprint density at radius 2 is 1.17 bits per heavy atom. The zero-order valence-electron chi connectivity index (χ0n) is 27.9. The number of benzene rings is 7. The van der Waals surface area contributed by atoms with Crippen molar-refractivity contribution in [1.82, 2.24) is 14.5 Å². The van der Waals surface area contributed by atoms with Gasteiger partial charge in [0.25, 0.3) is 0 Å². The van der Waals surface area contributed by atoms with E-state index in [1.165, 1.54) is 20.3 Å². The van der Waals surface area contributed by atoms with Gasteiger partial charge in [-0.3, -0.25) is 0 Å². The zero-order chi connectivity index (χ0) is 34.6. The Balaban J connectivity index is 1.13. The van der Waals surface area contributed by atoms with Gasteiger partial charge in [-0.05, 0) is 69.4 Å². The summed E-state index contributed by atoms with van der Waals surface area (Å²) in [6, 6.07) is 59.2. The van der Waals surface area contributed by atoms with E-state index in [-0.39, 0.29) is 0 Å². The van der Waals surface area contributed by atoms with Gasteiger partial charge in [0.2, 0.25) is 0 Å². The van der Waals surface area contributed by atoms with Gasteiger partial charge in [-0.25, -0.2) is 14.8 Å². The Morgan fingerprint density at radius 3 is 1.98 bits per heavy atom. The summed E-state index contributed by atoms with van der Waals surface area (Å²) < 4.78 is 4.72. The first-order chi connectivity index (χ1) is 25.7. The van der Waals surface area contributed by atoms with E-state index in [2.05, 4.69) is 155 Å². The Kier molecular flexibility index (Phi) is 7.02. The van der Waals surface area contributed by atoms with Crippen molar-refractivity contribution in [2.24, 2.45) is 0 Å². The second-order valence-corrected chi connectivity index (χ2v) is 13.9. The summed E-state index contributed by atoms with van der Waals surface area (Å²) in [6.45, 7) is 7.50. The molecule has 3 aromatic heterocycles. The molecule has 0 saturated carbocycles. The average Bonchev–Trinajstić information content (AvgIpc) is 3.77. The summed E-state index contributed by atoms with van der Waals surface area (Å²) in [6.07, 6.45) is 0. The Morgan fingerprint density at radius 1 is 0.519 bits per heavy atom. The third-order valence-electron chi connectivity index (χ3n) is 9.81. The van der Waals surface area contributed by atoms with Gasteiger partial charge in [0.1, 0.15) is 5.52 Å². The van der Waals surface area contributed by atoms with E-state index < -0.39 is 0 Å². The molecule has 0 fully saturated rings. The van der Waals surface area contributed by atoms with Crippen molar-refractivity contribution in [3.05, 3.63) is 181 Å². The van der Waals surface area contributed by atoms with Crippen LogP contribution in [0.3, 0.4) is 0 Å². The number of aromatic nitrogens is 3. The quantitative estimate of drug-likeness (QED) is 0.170. The summed E-state index contributed by atoms with van der Waals surface area (Å²) in [5.74, 6) is 0.689. The summed E-state index contributed by atoms with van der Waals surface area (Å²) in [5, 5.41) is 3.41. The highest BCUT2D eigenvalue weighted by molar-refractivity contribution is 7.26. The molecule has 0 unspecified atom stereocenters. The molecule has 0 aliphatic rings. The van der Waals surface area contributed by atoms with Crippen molar-refractivity contribution in [1.29, 1.82) is 0 Å². The zero-order valence-corrected chi connectivity index (χ0v) is 28.7. The molecule has 3 heterocycles. The lowest BCUT2D eigenvalue weighted by atomic mass is 9.97. The first-order valence-electron chi connectivity index (χ1n) is 17.2. The molecule has 10 aromatic rings. The molecule has 52 heavy (non-hydrogen) atoms. The minimum Gasteiger partial charge on any atom is -0.306 e. The van der Waals surface area contributed by atoms with Crippen LogP contribution in [0.2, 0.25) is 0 Å². The first-order valence-corrected chi connectivity index (χ1v) is 18.0. The van der Waals surface area contributed by atoms with Gasteiger partial charge < -0.3 is 4.57 Å². The van der Waals surface area contributed by atoms with Crippen LogP contribution in [-0.2, 0) is 0 Å². The lowest BCUT2D eigenvalue weighted by Crippen LogP contribution is -1.99. The molecule has 7 aromatic carbocycles. The van der Waals surface area contributed by atoms with Crippen LogP contribution in [0.5, 0.6) is 0 Å². The maximum Gasteiger partial charge on any atom is 0.187 e. The second-order valence-electron chi connectivity index (χ2n) is 12.9. The fourth-order valence-corrected chi connectivity index (χ4v) is 8.62. The smallest absolute Gasteiger partial charge is 0.187 e. The van der Waals surface area contributed by atoms with Gasteiger partial charge in [0, 0.05) is 31.6 Å². The number of nitrogens with zero attached hydrogens (tertiary/aromatic N) is 4. The molecule has 4 nitrogen and oxygen atoms in total. The molecule has 0 bridgehead atoms. The molecule has 0 aliphatic carbocycles. The van der Waals surface area contributed by atoms with Crippen molar-refractivity contribution >= 4 is 59.1 Å². The number of para-hydroxylation sites is 2. The van der Waals surface area contributed by atoms with Crippen molar-refractivity contribution < 1.29 is 0 Å².